The number of nitrogens with zero attached hydrogens (tertiary/aromatic N) is 2. The van der Waals surface area contributed by atoms with Crippen molar-refractivity contribution >= 4 is 44.6 Å². The smallest absolute Gasteiger partial charge is 0.264 e. The number of aliphatic hydroxyl groups is 1. The molecule has 9 nitrogen and oxygen atoms in total. The van der Waals surface area contributed by atoms with Gasteiger partial charge in [0, 0.05) is 47.8 Å². The third-order valence-electron chi connectivity index (χ3n) is 10.6. The summed E-state index contributed by atoms with van der Waals surface area (Å²) < 4.78 is 42.3. The van der Waals surface area contributed by atoms with Crippen LogP contribution >= 0.6 is 22.9 Å². The zero-order chi connectivity index (χ0) is 32.8. The molecule has 0 saturated heterocycles. The molecule has 1 amide bonds. The van der Waals surface area contributed by atoms with Gasteiger partial charge >= 0.3 is 0 Å². The highest BCUT2D eigenvalue weighted by Crippen LogP contribution is 2.47. The number of benzene rings is 2. The maximum Gasteiger partial charge on any atom is 0.264 e. The summed E-state index contributed by atoms with van der Waals surface area (Å²) in [4.78, 5) is 20.2. The molecule has 1 aromatic heterocycles. The van der Waals surface area contributed by atoms with Crippen LogP contribution in [0, 0.1) is 11.8 Å². The monoisotopic (exact) mass is 697 g/mol. The maximum absolute atomic E-state index is 13.7. The van der Waals surface area contributed by atoms with E-state index in [1.165, 1.54) is 28.7 Å². The number of carbonyl (C=O) groups is 1. The summed E-state index contributed by atoms with van der Waals surface area (Å²) in [5.74, 6) is 0.562. The zero-order valence-electron chi connectivity index (χ0n) is 26.3. The summed E-state index contributed by atoms with van der Waals surface area (Å²) in [6.45, 7) is 1.93. The molecule has 12 heteroatoms. The molecule has 6 atom stereocenters. The molecular weight excluding hydrogens is 658 g/mol. The highest BCUT2D eigenvalue weighted by Gasteiger charge is 2.45. The van der Waals surface area contributed by atoms with E-state index in [4.69, 9.17) is 21.1 Å². The van der Waals surface area contributed by atoms with E-state index in [0.29, 0.717) is 31.2 Å². The lowest BCUT2D eigenvalue weighted by Gasteiger charge is -2.46. The van der Waals surface area contributed by atoms with Crippen molar-refractivity contribution in [3.8, 4) is 5.75 Å². The topological polar surface area (TPSA) is 118 Å². The molecule has 0 radical (unpaired) electrons. The number of hydrogen-bond donors (Lipinski definition) is 2. The van der Waals surface area contributed by atoms with Crippen LogP contribution < -0.4 is 14.4 Å². The average Bonchev–Trinajstić information content (AvgIpc) is 3.54. The highest BCUT2D eigenvalue weighted by atomic mass is 35.5. The number of allylic oxidation sites excluding steroid dienone is 1. The molecule has 2 N–H and O–H groups in total. The number of amides is 1. The lowest BCUT2D eigenvalue weighted by atomic mass is 9.68. The quantitative estimate of drug-likeness (QED) is 0.329. The average molecular weight is 698 g/mol. The first-order chi connectivity index (χ1) is 22.7. The van der Waals surface area contributed by atoms with E-state index in [-0.39, 0.29) is 34.4 Å². The minimum absolute atomic E-state index is 0.102. The van der Waals surface area contributed by atoms with E-state index in [1.807, 2.05) is 18.2 Å². The van der Waals surface area contributed by atoms with Gasteiger partial charge in [-0.25, -0.2) is 18.1 Å². The van der Waals surface area contributed by atoms with Gasteiger partial charge in [0.2, 0.25) is 10.0 Å². The number of sulfonamides is 1. The number of halogens is 1. The van der Waals surface area contributed by atoms with E-state index < -0.39 is 27.3 Å². The number of aliphatic hydroxyl groups excluding tert-OH is 1. The van der Waals surface area contributed by atoms with Crippen LogP contribution in [0.3, 0.4) is 0 Å². The van der Waals surface area contributed by atoms with Crippen LogP contribution in [0.25, 0.3) is 0 Å². The van der Waals surface area contributed by atoms with E-state index in [0.717, 1.165) is 49.4 Å². The SMILES string of the molecule is CO[C@H]1/C=C/CC[C@H]([C@@H](O)c2nccs2)S(=O)(=O)NC(=O)c2ccc3c(c2)N(CC2CC[C@H]21)C[C@@]1(CCCc2cc(Cl)ccc21)CO3. The fourth-order valence-corrected chi connectivity index (χ4v) is 10.4. The first kappa shape index (κ1) is 32.6. The number of aryl methyl sites for hydroxylation is 1. The predicted octanol–water partition coefficient (Wildman–Crippen LogP) is 5.82. The van der Waals surface area contributed by atoms with Crippen LogP contribution in [-0.2, 0) is 26.6 Å². The Hall–Kier alpha value is -2.96. The molecule has 1 saturated carbocycles. The maximum atomic E-state index is 13.7. The van der Waals surface area contributed by atoms with E-state index in [2.05, 4.69) is 26.7 Å². The van der Waals surface area contributed by atoms with Gasteiger partial charge in [0.05, 0.1) is 18.4 Å². The van der Waals surface area contributed by atoms with Gasteiger partial charge in [-0.2, -0.15) is 0 Å². The Morgan fingerprint density at radius 3 is 2.85 bits per heavy atom. The molecule has 1 unspecified atom stereocenters. The third kappa shape index (κ3) is 6.33. The van der Waals surface area contributed by atoms with E-state index in [1.54, 1.807) is 30.7 Å². The second-order valence-corrected chi connectivity index (χ2v) is 16.6. The lowest BCUT2D eigenvalue weighted by Crippen LogP contribution is -2.49. The van der Waals surface area contributed by atoms with Crippen molar-refractivity contribution in [2.75, 3.05) is 31.7 Å². The molecule has 1 spiro atoms. The van der Waals surface area contributed by atoms with Gasteiger partial charge in [-0.3, -0.25) is 4.79 Å². The summed E-state index contributed by atoms with van der Waals surface area (Å²) in [7, 11) is -2.59. The fourth-order valence-electron chi connectivity index (χ4n) is 7.97. The van der Waals surface area contributed by atoms with Crippen molar-refractivity contribution in [1.82, 2.24) is 9.71 Å². The number of carbonyl (C=O) groups excluding carboxylic acids is 1. The van der Waals surface area contributed by atoms with Gasteiger partial charge in [0.1, 0.15) is 22.1 Å². The molecule has 47 heavy (non-hydrogen) atoms. The van der Waals surface area contributed by atoms with E-state index in [9.17, 15) is 18.3 Å². The Morgan fingerprint density at radius 2 is 2.09 bits per heavy atom. The Balaban J connectivity index is 1.29. The fraction of sp³-hybridized carbons (Fsp3) is 0.486. The molecule has 2 aromatic carbocycles. The summed E-state index contributed by atoms with van der Waals surface area (Å²) in [5.41, 5.74) is 3.21. The van der Waals surface area contributed by atoms with Gasteiger partial charge in [0.25, 0.3) is 5.91 Å². The first-order valence-corrected chi connectivity index (χ1v) is 19.1. The molecule has 250 valence electrons. The molecule has 3 heterocycles. The van der Waals surface area contributed by atoms with Crippen molar-refractivity contribution < 1.29 is 27.8 Å². The number of rotatable bonds is 3. The van der Waals surface area contributed by atoms with Crippen LogP contribution in [0.15, 0.2) is 60.1 Å². The lowest BCUT2D eigenvalue weighted by molar-refractivity contribution is 0.0131. The Morgan fingerprint density at radius 1 is 1.21 bits per heavy atom. The van der Waals surface area contributed by atoms with Crippen LogP contribution in [0.1, 0.15) is 71.1 Å². The number of thiazole rings is 1. The number of nitrogens with one attached hydrogen (secondary N) is 1. The normalized spacial score (nSPS) is 30.1. The predicted molar refractivity (Wildman–Crippen MR) is 183 cm³/mol. The molecule has 2 aliphatic heterocycles. The van der Waals surface area contributed by atoms with Gasteiger partial charge in [-0.1, -0.05) is 29.8 Å². The molecular formula is C35H40ClN3O6S2. The van der Waals surface area contributed by atoms with Crippen LogP contribution in [0.5, 0.6) is 5.75 Å². The summed E-state index contributed by atoms with van der Waals surface area (Å²) in [6.07, 6.45) is 9.49. The Kier molecular flexibility index (Phi) is 9.12. The van der Waals surface area contributed by atoms with E-state index >= 15 is 0 Å². The molecule has 7 rings (SSSR count). The number of methoxy groups -OCH3 is 1. The number of fused-ring (bicyclic) bond motifs is 4. The largest absolute Gasteiger partial charge is 0.490 e. The highest BCUT2D eigenvalue weighted by molar-refractivity contribution is 7.90. The number of aromatic nitrogens is 1. The third-order valence-corrected chi connectivity index (χ3v) is 13.4. The number of ether oxygens (including phenoxy) is 2. The zero-order valence-corrected chi connectivity index (χ0v) is 28.7. The number of hydrogen-bond acceptors (Lipinski definition) is 9. The van der Waals surface area contributed by atoms with Gasteiger partial charge < -0.3 is 19.5 Å². The standard InChI is InChI=1S/C35H40ClN3O6S2/c1-44-29-6-2-3-7-31(32(40)34-37-15-16-46-34)47(42,43)38-33(41)23-9-13-30-28(18-23)39(19-24-8-11-26(24)29)20-35(21-45-30)14-4-5-22-17-25(36)10-12-27(22)35/h2,6,9-10,12-13,15-18,24,26,29,31-32,40H,3-5,7-8,11,14,19-21H2,1H3,(H,38,41)/b6-2+/t24?,26-,29+,31-,32-,35+/m1/s1. The first-order valence-electron chi connectivity index (χ1n) is 16.3. The Bertz CT molecular complexity index is 1770. The van der Waals surface area contributed by atoms with Crippen molar-refractivity contribution in [2.24, 2.45) is 11.8 Å². The second-order valence-electron chi connectivity index (χ2n) is 13.3. The minimum atomic E-state index is -4.31. The van der Waals surface area contributed by atoms with Crippen LogP contribution in [0.2, 0.25) is 5.02 Å². The second kappa shape index (κ2) is 13.2. The van der Waals surface area contributed by atoms with Crippen molar-refractivity contribution in [1.29, 1.82) is 0 Å². The summed E-state index contributed by atoms with van der Waals surface area (Å²) >= 11 is 7.60. The molecule has 3 aromatic rings. The van der Waals surface area contributed by atoms with Crippen molar-refractivity contribution in [3.05, 3.63) is 86.8 Å². The van der Waals surface area contributed by atoms with Gasteiger partial charge in [-0.15, -0.1) is 11.3 Å². The number of anilines is 1. The van der Waals surface area contributed by atoms with Crippen molar-refractivity contribution in [3.63, 3.8) is 0 Å². The Labute approximate surface area is 285 Å². The molecule has 2 aliphatic carbocycles. The van der Waals surface area contributed by atoms with Crippen LogP contribution in [0.4, 0.5) is 5.69 Å². The van der Waals surface area contributed by atoms with Gasteiger partial charge in [0.15, 0.2) is 0 Å². The molecule has 1 fully saturated rings. The minimum Gasteiger partial charge on any atom is -0.490 e. The van der Waals surface area contributed by atoms with Gasteiger partial charge in [-0.05, 0) is 98.2 Å². The van der Waals surface area contributed by atoms with Crippen LogP contribution in [-0.4, -0.2) is 62.6 Å². The summed E-state index contributed by atoms with van der Waals surface area (Å²) in [5, 5.41) is 12.6. The van der Waals surface area contributed by atoms with Crippen molar-refractivity contribution in [2.45, 2.75) is 67.8 Å². The molecule has 4 aliphatic rings. The summed E-state index contributed by atoms with van der Waals surface area (Å²) in [6, 6.07) is 11.3. The molecule has 2 bridgehead atoms.